The number of carboxylic acids is 1. The van der Waals surface area contributed by atoms with E-state index in [0.717, 1.165) is 5.69 Å². The van der Waals surface area contributed by atoms with Gasteiger partial charge in [0.25, 0.3) is 0 Å². The summed E-state index contributed by atoms with van der Waals surface area (Å²) < 4.78 is 5.15. The minimum atomic E-state index is -0.714. The number of aryl methyl sites for hydroxylation is 1. The fraction of sp³-hybridized carbons (Fsp3) is 0.615. The van der Waals surface area contributed by atoms with Gasteiger partial charge in [0.2, 0.25) is 11.8 Å². The Morgan fingerprint density at radius 1 is 1.53 bits per heavy atom. The van der Waals surface area contributed by atoms with Crippen LogP contribution in [-0.2, 0) is 4.79 Å². The van der Waals surface area contributed by atoms with Crippen LogP contribution in [0.3, 0.4) is 0 Å². The molecule has 2 atom stereocenters. The number of rotatable bonds is 3. The molecule has 19 heavy (non-hydrogen) atoms. The molecule has 104 valence electrons. The van der Waals surface area contributed by atoms with E-state index in [1.165, 1.54) is 0 Å². The number of aliphatic carboxylic acids is 1. The van der Waals surface area contributed by atoms with Gasteiger partial charge in [-0.05, 0) is 26.7 Å². The maximum atomic E-state index is 11.0. The number of carboxylic acid groups (broad SMARTS) is 1. The largest absolute Gasteiger partial charge is 0.481 e. The molecule has 1 aliphatic rings. The minimum absolute atomic E-state index is 0.112. The van der Waals surface area contributed by atoms with E-state index < -0.39 is 5.97 Å². The first kappa shape index (κ1) is 13.6. The average Bonchev–Trinajstić information content (AvgIpc) is 2.37. The predicted octanol–water partition coefficient (Wildman–Crippen LogP) is 1.48. The highest BCUT2D eigenvalue weighted by Crippen LogP contribution is 2.27. The zero-order valence-corrected chi connectivity index (χ0v) is 11.5. The van der Waals surface area contributed by atoms with Crippen LogP contribution >= 0.6 is 0 Å². The molecular formula is C13H19N3O3. The summed E-state index contributed by atoms with van der Waals surface area (Å²) in [5.41, 5.74) is 0.842. The molecule has 2 rings (SSSR count). The number of methoxy groups -OCH3 is 1. The monoisotopic (exact) mass is 265 g/mol. The fourth-order valence-corrected chi connectivity index (χ4v) is 2.45. The first-order valence-electron chi connectivity index (χ1n) is 6.40. The summed E-state index contributed by atoms with van der Waals surface area (Å²) in [5, 5.41) is 9.07. The molecule has 0 aliphatic carbocycles. The summed E-state index contributed by atoms with van der Waals surface area (Å²) in [6.07, 6.45) is 1.24. The van der Waals surface area contributed by atoms with Crippen molar-refractivity contribution in [2.75, 3.05) is 18.6 Å². The third-order valence-corrected chi connectivity index (χ3v) is 3.51. The van der Waals surface area contributed by atoms with E-state index >= 15 is 0 Å². The first-order valence-corrected chi connectivity index (χ1v) is 6.40. The number of hydrogen-bond donors (Lipinski definition) is 1. The Morgan fingerprint density at radius 3 is 2.84 bits per heavy atom. The summed E-state index contributed by atoms with van der Waals surface area (Å²) in [4.78, 5) is 21.8. The summed E-state index contributed by atoms with van der Waals surface area (Å²) in [7, 11) is 1.58. The zero-order valence-electron chi connectivity index (χ0n) is 11.5. The van der Waals surface area contributed by atoms with E-state index in [1.807, 2.05) is 13.8 Å². The van der Waals surface area contributed by atoms with Crippen LogP contribution in [0.4, 0.5) is 5.95 Å². The number of carbonyl (C=O) groups is 1. The van der Waals surface area contributed by atoms with Crippen LogP contribution in [0.2, 0.25) is 0 Å². The molecule has 0 saturated carbocycles. The van der Waals surface area contributed by atoms with E-state index in [9.17, 15) is 4.79 Å². The van der Waals surface area contributed by atoms with Gasteiger partial charge in [-0.3, -0.25) is 4.79 Å². The lowest BCUT2D eigenvalue weighted by Crippen LogP contribution is -2.43. The summed E-state index contributed by atoms with van der Waals surface area (Å²) in [5.74, 6) is 0.176. The molecule has 1 fully saturated rings. The van der Waals surface area contributed by atoms with Gasteiger partial charge in [0.15, 0.2) is 0 Å². The molecule has 0 radical (unpaired) electrons. The van der Waals surface area contributed by atoms with Crippen LogP contribution < -0.4 is 9.64 Å². The Kier molecular flexibility index (Phi) is 3.87. The van der Waals surface area contributed by atoms with Crippen molar-refractivity contribution >= 4 is 11.9 Å². The van der Waals surface area contributed by atoms with Crippen molar-refractivity contribution in [3.8, 4) is 5.88 Å². The molecule has 6 nitrogen and oxygen atoms in total. The quantitative estimate of drug-likeness (QED) is 0.892. The maximum absolute atomic E-state index is 11.0. The number of ether oxygens (including phenoxy) is 1. The number of aromatic nitrogens is 2. The second-order valence-corrected chi connectivity index (χ2v) is 4.95. The molecular weight excluding hydrogens is 246 g/mol. The SMILES string of the molecule is COc1cc(C)nc(N2CCC(C(=O)O)CC2C)n1. The lowest BCUT2D eigenvalue weighted by molar-refractivity contribution is -0.142. The number of hydrogen-bond acceptors (Lipinski definition) is 5. The van der Waals surface area contributed by atoms with Gasteiger partial charge in [0.05, 0.1) is 13.0 Å². The van der Waals surface area contributed by atoms with E-state index in [1.54, 1.807) is 13.2 Å². The van der Waals surface area contributed by atoms with Crippen molar-refractivity contribution in [2.45, 2.75) is 32.7 Å². The van der Waals surface area contributed by atoms with Gasteiger partial charge in [0.1, 0.15) is 0 Å². The highest BCUT2D eigenvalue weighted by molar-refractivity contribution is 5.70. The Labute approximate surface area is 112 Å². The van der Waals surface area contributed by atoms with Crippen LogP contribution in [0, 0.1) is 12.8 Å². The molecule has 1 N–H and O–H groups in total. The first-order chi connectivity index (χ1) is 9.01. The van der Waals surface area contributed by atoms with E-state index in [4.69, 9.17) is 9.84 Å². The smallest absolute Gasteiger partial charge is 0.306 e. The van der Waals surface area contributed by atoms with Crippen molar-refractivity contribution in [3.63, 3.8) is 0 Å². The standard InChI is InChI=1S/C13H19N3O3/c1-8-6-11(19-3)15-13(14-8)16-5-4-10(12(17)18)7-9(16)2/h6,9-10H,4-5,7H2,1-3H3,(H,17,18). The zero-order chi connectivity index (χ0) is 14.0. The summed E-state index contributed by atoms with van der Waals surface area (Å²) >= 11 is 0. The Balaban J connectivity index is 2.19. The van der Waals surface area contributed by atoms with Crippen molar-refractivity contribution in [1.82, 2.24) is 9.97 Å². The van der Waals surface area contributed by atoms with Gasteiger partial charge in [0, 0.05) is 24.3 Å². The van der Waals surface area contributed by atoms with Crippen LogP contribution in [0.25, 0.3) is 0 Å². The molecule has 0 aromatic carbocycles. The number of nitrogens with zero attached hydrogens (tertiary/aromatic N) is 3. The fourth-order valence-electron chi connectivity index (χ4n) is 2.45. The van der Waals surface area contributed by atoms with E-state index in [0.29, 0.717) is 31.2 Å². The third-order valence-electron chi connectivity index (χ3n) is 3.51. The number of anilines is 1. The molecule has 2 unspecified atom stereocenters. The van der Waals surface area contributed by atoms with Gasteiger partial charge in [-0.15, -0.1) is 0 Å². The lowest BCUT2D eigenvalue weighted by atomic mass is 9.92. The number of piperidine rings is 1. The van der Waals surface area contributed by atoms with Gasteiger partial charge in [-0.25, -0.2) is 4.98 Å². The molecule has 1 aliphatic heterocycles. The molecule has 0 spiro atoms. The Hall–Kier alpha value is -1.85. The van der Waals surface area contributed by atoms with Gasteiger partial charge < -0.3 is 14.7 Å². The Bertz CT molecular complexity index is 478. The van der Waals surface area contributed by atoms with Crippen LogP contribution in [-0.4, -0.2) is 40.7 Å². The van der Waals surface area contributed by atoms with Gasteiger partial charge >= 0.3 is 5.97 Å². The van der Waals surface area contributed by atoms with Crippen LogP contribution in [0.1, 0.15) is 25.5 Å². The predicted molar refractivity (Wildman–Crippen MR) is 70.5 cm³/mol. The topological polar surface area (TPSA) is 75.5 Å². The third kappa shape index (κ3) is 2.94. The van der Waals surface area contributed by atoms with E-state index in [2.05, 4.69) is 14.9 Å². The van der Waals surface area contributed by atoms with Crippen molar-refractivity contribution in [2.24, 2.45) is 5.92 Å². The highest BCUT2D eigenvalue weighted by Gasteiger charge is 2.31. The molecule has 6 heteroatoms. The van der Waals surface area contributed by atoms with Crippen molar-refractivity contribution < 1.29 is 14.6 Å². The molecule has 1 saturated heterocycles. The van der Waals surface area contributed by atoms with E-state index in [-0.39, 0.29) is 12.0 Å². The van der Waals surface area contributed by atoms with Crippen LogP contribution in [0.15, 0.2) is 6.07 Å². The van der Waals surface area contributed by atoms with Crippen LogP contribution in [0.5, 0.6) is 5.88 Å². The normalized spacial score (nSPS) is 23.2. The molecule has 1 aromatic heterocycles. The maximum Gasteiger partial charge on any atom is 0.306 e. The highest BCUT2D eigenvalue weighted by atomic mass is 16.5. The minimum Gasteiger partial charge on any atom is -0.481 e. The molecule has 2 heterocycles. The van der Waals surface area contributed by atoms with Gasteiger partial charge in [-0.1, -0.05) is 0 Å². The summed E-state index contributed by atoms with van der Waals surface area (Å²) in [6, 6.07) is 1.89. The molecule has 0 amide bonds. The lowest BCUT2D eigenvalue weighted by Gasteiger charge is -2.36. The van der Waals surface area contributed by atoms with Crippen molar-refractivity contribution in [1.29, 1.82) is 0 Å². The Morgan fingerprint density at radius 2 is 2.26 bits per heavy atom. The second kappa shape index (κ2) is 5.42. The average molecular weight is 265 g/mol. The second-order valence-electron chi connectivity index (χ2n) is 4.95. The van der Waals surface area contributed by atoms with Crippen molar-refractivity contribution in [3.05, 3.63) is 11.8 Å². The van der Waals surface area contributed by atoms with Gasteiger partial charge in [-0.2, -0.15) is 4.98 Å². The molecule has 0 bridgehead atoms. The summed E-state index contributed by atoms with van der Waals surface area (Å²) in [6.45, 7) is 4.56. The molecule has 1 aromatic rings.